The van der Waals surface area contributed by atoms with Crippen LogP contribution >= 0.6 is 24.0 Å². The summed E-state index contributed by atoms with van der Waals surface area (Å²) in [5.41, 5.74) is 0.631. The highest BCUT2D eigenvalue weighted by Crippen LogP contribution is 2.40. The van der Waals surface area contributed by atoms with Gasteiger partial charge in [0, 0.05) is 27.7 Å². The molecule has 0 aliphatic carbocycles. The molecular weight excluding hydrogens is 570 g/mol. The van der Waals surface area contributed by atoms with E-state index >= 15 is 0 Å². The van der Waals surface area contributed by atoms with Gasteiger partial charge in [0.15, 0.2) is 40.4 Å². The fraction of sp³-hybridized carbons (Fsp3) is 0.440. The van der Waals surface area contributed by atoms with Gasteiger partial charge in [-0.3, -0.25) is 28.9 Å². The molecule has 0 bridgehead atoms. The molecule has 13 nitrogen and oxygen atoms in total. The number of thiocarbonyl (C=S) groups is 1. The van der Waals surface area contributed by atoms with Gasteiger partial charge in [0.1, 0.15) is 12.7 Å². The van der Waals surface area contributed by atoms with Crippen molar-refractivity contribution < 1.29 is 57.1 Å². The number of nitrogens with zero attached hydrogens (tertiary/aromatic N) is 1. The van der Waals surface area contributed by atoms with E-state index in [1.807, 2.05) is 0 Å². The number of esters is 4. The summed E-state index contributed by atoms with van der Waals surface area (Å²) in [6, 6.07) is 5.13. The van der Waals surface area contributed by atoms with Crippen molar-refractivity contribution in [3.8, 4) is 11.5 Å². The lowest BCUT2D eigenvalue weighted by Gasteiger charge is -2.46. The van der Waals surface area contributed by atoms with Gasteiger partial charge in [0.2, 0.25) is 6.79 Å². The molecule has 15 heteroatoms. The lowest BCUT2D eigenvalue weighted by Crippen LogP contribution is -2.66. The lowest BCUT2D eigenvalue weighted by atomic mass is 9.96. The van der Waals surface area contributed by atoms with Crippen molar-refractivity contribution in [2.24, 2.45) is 0 Å². The van der Waals surface area contributed by atoms with E-state index in [-0.39, 0.29) is 16.0 Å². The Kier molecular flexibility index (Phi) is 8.95. The fourth-order valence-electron chi connectivity index (χ4n) is 4.27. The first-order valence-electron chi connectivity index (χ1n) is 11.9. The molecule has 40 heavy (non-hydrogen) atoms. The molecule has 0 radical (unpaired) electrons. The Morgan fingerprint density at radius 1 is 0.950 bits per heavy atom. The average Bonchev–Trinajstić information content (AvgIpc) is 3.43. The van der Waals surface area contributed by atoms with Gasteiger partial charge in [-0.15, -0.1) is 0 Å². The maximum atomic E-state index is 13.6. The number of carbonyl (C=O) groups excluding carboxylic acids is 5. The first kappa shape index (κ1) is 29.3. The van der Waals surface area contributed by atoms with E-state index in [0.717, 1.165) is 44.4 Å². The highest BCUT2D eigenvalue weighted by atomic mass is 32.2. The number of hydrogen-bond donors (Lipinski definition) is 0. The van der Waals surface area contributed by atoms with Crippen molar-refractivity contribution in [3.05, 3.63) is 28.7 Å². The maximum absolute atomic E-state index is 13.6. The minimum absolute atomic E-state index is 0.0536. The average molecular weight is 596 g/mol. The summed E-state index contributed by atoms with van der Waals surface area (Å²) in [7, 11) is 0. The SMILES string of the molecule is CC(=O)OC[C@@H]1O[C@@H](N2C(=O)/C(=C/c3ccc4c(c3)OCO4)SC2=S)[C@@H](OC(C)=O)[C@@H](OC(C)=O)[C@H]1OC(C)=O. The Hall–Kier alpha value is -3.69. The molecule has 0 unspecified atom stereocenters. The van der Waals surface area contributed by atoms with Crippen LogP contribution in [0.15, 0.2) is 23.1 Å². The van der Waals surface area contributed by atoms with Crippen LogP contribution < -0.4 is 9.47 Å². The van der Waals surface area contributed by atoms with Gasteiger partial charge in [-0.1, -0.05) is 30.0 Å². The standard InChI is InChI=1S/C25H25NO12S2/c1-11(27)32-9-18-20(35-12(2)28)21(36-13(3)29)22(37-14(4)30)24(38-18)26-23(31)19(40-25(26)39)8-15-5-6-16-17(7-15)34-10-33-16/h5-8,18,20-22,24H,9-10H2,1-4H3/b19-8-/t18-,20-,21-,22-,24+/m0/s1. The van der Waals surface area contributed by atoms with Crippen LogP contribution in [-0.4, -0.2) is 83.0 Å². The molecule has 214 valence electrons. The molecule has 3 aliphatic rings. The van der Waals surface area contributed by atoms with Gasteiger partial charge in [0.05, 0.1) is 4.91 Å². The molecule has 0 spiro atoms. The van der Waals surface area contributed by atoms with Crippen LogP contribution in [0.1, 0.15) is 33.3 Å². The molecule has 1 amide bonds. The smallest absolute Gasteiger partial charge is 0.303 e. The van der Waals surface area contributed by atoms with Gasteiger partial charge < -0.3 is 33.2 Å². The first-order valence-corrected chi connectivity index (χ1v) is 13.1. The minimum atomic E-state index is -1.47. The van der Waals surface area contributed by atoms with Crippen LogP contribution in [0, 0.1) is 0 Å². The number of hydrogen-bond acceptors (Lipinski definition) is 14. The van der Waals surface area contributed by atoms with E-state index in [0.29, 0.717) is 17.1 Å². The van der Waals surface area contributed by atoms with E-state index in [9.17, 15) is 24.0 Å². The second-order valence-corrected chi connectivity index (χ2v) is 10.4. The normalized spacial score (nSPS) is 26.4. The van der Waals surface area contributed by atoms with Gasteiger partial charge >= 0.3 is 23.9 Å². The molecule has 3 heterocycles. The number of thioether (sulfide) groups is 1. The van der Waals surface area contributed by atoms with Gasteiger partial charge in [-0.2, -0.15) is 0 Å². The fourth-order valence-corrected chi connectivity index (χ4v) is 5.58. The summed E-state index contributed by atoms with van der Waals surface area (Å²) in [4.78, 5) is 62.6. The highest BCUT2D eigenvalue weighted by molar-refractivity contribution is 8.26. The maximum Gasteiger partial charge on any atom is 0.303 e. The van der Waals surface area contributed by atoms with Crippen LogP contribution in [0.25, 0.3) is 6.08 Å². The quantitative estimate of drug-likeness (QED) is 0.194. The predicted molar refractivity (Wildman–Crippen MR) is 140 cm³/mol. The number of carbonyl (C=O) groups is 5. The summed E-state index contributed by atoms with van der Waals surface area (Å²) in [6.45, 7) is 4.14. The summed E-state index contributed by atoms with van der Waals surface area (Å²) >= 11 is 6.46. The lowest BCUT2D eigenvalue weighted by molar-refractivity contribution is -0.268. The molecule has 0 saturated carbocycles. The highest BCUT2D eigenvalue weighted by Gasteiger charge is 2.56. The molecule has 4 rings (SSSR count). The third-order valence-corrected chi connectivity index (χ3v) is 7.07. The third kappa shape index (κ3) is 6.54. The van der Waals surface area contributed by atoms with Gasteiger partial charge in [-0.05, 0) is 23.8 Å². The van der Waals surface area contributed by atoms with Crippen LogP contribution in [-0.2, 0) is 47.7 Å². The molecule has 3 aliphatic heterocycles. The van der Waals surface area contributed by atoms with E-state index in [1.54, 1.807) is 24.3 Å². The summed E-state index contributed by atoms with van der Waals surface area (Å²) in [5.74, 6) is -2.52. The molecule has 5 atom stereocenters. The molecule has 1 aromatic rings. The molecule has 1 aromatic carbocycles. The second kappa shape index (κ2) is 12.2. The first-order chi connectivity index (χ1) is 18.9. The number of fused-ring (bicyclic) bond motifs is 1. The molecule has 2 saturated heterocycles. The van der Waals surface area contributed by atoms with Crippen LogP contribution in [0.4, 0.5) is 0 Å². The van der Waals surface area contributed by atoms with E-state index in [4.69, 9.17) is 45.4 Å². The Labute approximate surface area is 238 Å². The Morgan fingerprint density at radius 3 is 2.23 bits per heavy atom. The van der Waals surface area contributed by atoms with E-state index in [1.165, 1.54) is 0 Å². The largest absolute Gasteiger partial charge is 0.463 e. The summed E-state index contributed by atoms with van der Waals surface area (Å²) in [5, 5.41) is 0. The summed E-state index contributed by atoms with van der Waals surface area (Å²) in [6.07, 6.45) is -5.33. The number of amides is 1. The number of ether oxygens (including phenoxy) is 7. The van der Waals surface area contributed by atoms with Crippen molar-refractivity contribution in [3.63, 3.8) is 0 Å². The topological polar surface area (TPSA) is 153 Å². The van der Waals surface area contributed by atoms with E-state index in [2.05, 4.69) is 0 Å². The van der Waals surface area contributed by atoms with Gasteiger partial charge in [-0.25, -0.2) is 0 Å². The van der Waals surface area contributed by atoms with Crippen LogP contribution in [0.2, 0.25) is 0 Å². The predicted octanol–water partition coefficient (Wildman–Crippen LogP) is 1.70. The zero-order valence-electron chi connectivity index (χ0n) is 21.8. The third-order valence-electron chi connectivity index (χ3n) is 5.74. The zero-order valence-corrected chi connectivity index (χ0v) is 23.4. The second-order valence-electron chi connectivity index (χ2n) is 8.75. The summed E-state index contributed by atoms with van der Waals surface area (Å²) < 4.78 is 38.2. The Bertz CT molecular complexity index is 1280. The van der Waals surface area contributed by atoms with Crippen LogP contribution in [0.5, 0.6) is 11.5 Å². The number of rotatable bonds is 7. The Balaban J connectivity index is 1.71. The van der Waals surface area contributed by atoms with Crippen molar-refractivity contribution >= 4 is 64.2 Å². The zero-order chi connectivity index (χ0) is 29.1. The number of benzene rings is 1. The molecule has 2 fully saturated rings. The van der Waals surface area contributed by atoms with Crippen molar-refractivity contribution in [1.29, 1.82) is 0 Å². The monoisotopic (exact) mass is 595 g/mol. The van der Waals surface area contributed by atoms with Gasteiger partial charge in [0.25, 0.3) is 5.91 Å². The van der Waals surface area contributed by atoms with Crippen molar-refractivity contribution in [2.75, 3.05) is 13.4 Å². The van der Waals surface area contributed by atoms with E-state index < -0.39 is 67.0 Å². The molecule has 0 aromatic heterocycles. The van der Waals surface area contributed by atoms with Crippen LogP contribution in [0.3, 0.4) is 0 Å². The molecular formula is C25H25NO12S2. The Morgan fingerprint density at radius 2 is 1.57 bits per heavy atom. The van der Waals surface area contributed by atoms with Crippen molar-refractivity contribution in [1.82, 2.24) is 4.90 Å². The molecule has 0 N–H and O–H groups in total. The minimum Gasteiger partial charge on any atom is -0.463 e. The van der Waals surface area contributed by atoms with Crippen molar-refractivity contribution in [2.45, 2.75) is 58.3 Å².